The van der Waals surface area contributed by atoms with E-state index in [1.807, 2.05) is 60.8 Å². The Morgan fingerprint density at radius 3 is 2.87 bits per heavy atom. The molecule has 2 heterocycles. The highest BCUT2D eigenvalue weighted by Gasteiger charge is 2.11. The number of imidazole rings is 1. The van der Waals surface area contributed by atoms with Gasteiger partial charge >= 0.3 is 0 Å². The van der Waals surface area contributed by atoms with Crippen LogP contribution in [0.4, 0.5) is 0 Å². The molecule has 0 fully saturated rings. The van der Waals surface area contributed by atoms with E-state index in [0.29, 0.717) is 19.7 Å². The molecule has 1 N–H and O–H groups in total. The molecule has 0 bridgehead atoms. The number of thiophene rings is 1. The Labute approximate surface area is 190 Å². The zero-order valence-corrected chi connectivity index (χ0v) is 18.9. The Bertz CT molecular complexity index is 1170. The smallest absolute Gasteiger partial charge is 0.261 e. The number of ether oxygens (including phenoxy) is 1. The highest BCUT2D eigenvalue weighted by atomic mass is 35.5. The van der Waals surface area contributed by atoms with Gasteiger partial charge in [-0.2, -0.15) is 0 Å². The molecule has 0 aliphatic carbocycles. The van der Waals surface area contributed by atoms with Gasteiger partial charge in [0.1, 0.15) is 18.2 Å². The fraction of sp³-hybridized carbons (Fsp3) is 0.250. The molecule has 0 unspecified atom stereocenters. The van der Waals surface area contributed by atoms with Crippen molar-refractivity contribution in [3.63, 3.8) is 0 Å². The van der Waals surface area contributed by atoms with E-state index >= 15 is 0 Å². The lowest BCUT2D eigenvalue weighted by Crippen LogP contribution is -2.24. The third-order valence-corrected chi connectivity index (χ3v) is 6.35. The lowest BCUT2D eigenvalue weighted by Gasteiger charge is -2.12. The molecule has 0 aliphatic rings. The van der Waals surface area contributed by atoms with E-state index in [1.165, 1.54) is 11.3 Å². The van der Waals surface area contributed by atoms with Gasteiger partial charge < -0.3 is 14.6 Å². The van der Waals surface area contributed by atoms with Crippen LogP contribution in [0.2, 0.25) is 5.02 Å². The molecule has 31 heavy (non-hydrogen) atoms. The Balaban J connectivity index is 1.38. The number of para-hydroxylation sites is 2. The summed E-state index contributed by atoms with van der Waals surface area (Å²) in [6.45, 7) is 3.80. The van der Waals surface area contributed by atoms with Crippen LogP contribution in [-0.4, -0.2) is 28.6 Å². The van der Waals surface area contributed by atoms with E-state index in [2.05, 4.69) is 16.0 Å². The number of amides is 1. The van der Waals surface area contributed by atoms with Gasteiger partial charge in [-0.1, -0.05) is 29.8 Å². The average Bonchev–Trinajstić information content (AvgIpc) is 3.42. The number of hydrogen-bond donors (Lipinski definition) is 1. The first-order valence-corrected chi connectivity index (χ1v) is 11.5. The summed E-state index contributed by atoms with van der Waals surface area (Å²) in [5.74, 6) is 1.79. The first-order valence-electron chi connectivity index (χ1n) is 10.3. The first kappa shape index (κ1) is 21.4. The minimum absolute atomic E-state index is 0.0184. The first-order chi connectivity index (χ1) is 15.1. The van der Waals surface area contributed by atoms with Gasteiger partial charge in [-0.15, -0.1) is 11.3 Å². The van der Waals surface area contributed by atoms with Gasteiger partial charge in [0.15, 0.2) is 0 Å². The maximum atomic E-state index is 12.1. The number of fused-ring (bicyclic) bond motifs is 1. The quantitative estimate of drug-likeness (QED) is 0.340. The van der Waals surface area contributed by atoms with Crippen LogP contribution >= 0.6 is 22.9 Å². The second kappa shape index (κ2) is 9.98. The normalized spacial score (nSPS) is 11.0. The third kappa shape index (κ3) is 5.27. The molecule has 7 heteroatoms. The number of nitrogens with one attached hydrogen (secondary N) is 1. The summed E-state index contributed by atoms with van der Waals surface area (Å²) >= 11 is 7.55. The molecule has 1 amide bonds. The van der Waals surface area contributed by atoms with Crippen LogP contribution in [0.1, 0.15) is 27.5 Å². The average molecular weight is 454 g/mol. The number of aryl methyl sites for hydroxylation is 2. The third-order valence-electron chi connectivity index (χ3n) is 5.05. The molecule has 160 valence electrons. The van der Waals surface area contributed by atoms with E-state index in [0.717, 1.165) is 50.9 Å². The number of aromatic nitrogens is 2. The molecule has 4 rings (SSSR count). The molecule has 0 saturated heterocycles. The predicted molar refractivity (Wildman–Crippen MR) is 126 cm³/mol. The minimum atomic E-state index is -0.0184. The fourth-order valence-electron chi connectivity index (χ4n) is 3.47. The van der Waals surface area contributed by atoms with Crippen LogP contribution < -0.4 is 10.1 Å². The van der Waals surface area contributed by atoms with Crippen molar-refractivity contribution in [2.24, 2.45) is 0 Å². The molecule has 0 aliphatic heterocycles. The van der Waals surface area contributed by atoms with Gasteiger partial charge in [-0.3, -0.25) is 4.79 Å². The van der Waals surface area contributed by atoms with Gasteiger partial charge in [0, 0.05) is 18.0 Å². The van der Waals surface area contributed by atoms with Crippen molar-refractivity contribution < 1.29 is 9.53 Å². The van der Waals surface area contributed by atoms with Crippen molar-refractivity contribution in [3.05, 3.63) is 81.3 Å². The second-order valence-electron chi connectivity index (χ2n) is 7.26. The number of nitrogens with zero attached hydrogens (tertiary/aromatic N) is 2. The number of carbonyl (C=O) groups is 1. The Kier molecular flexibility index (Phi) is 6.89. The SMILES string of the molecule is Cc1cc(OCCn2c(CCCNC(=O)c3cccs3)nc3ccccc32)ccc1Cl. The maximum absolute atomic E-state index is 12.1. The Morgan fingerprint density at radius 2 is 2.06 bits per heavy atom. The van der Waals surface area contributed by atoms with Crippen LogP contribution in [0.25, 0.3) is 11.0 Å². The fourth-order valence-corrected chi connectivity index (χ4v) is 4.23. The summed E-state index contributed by atoms with van der Waals surface area (Å²) < 4.78 is 8.16. The van der Waals surface area contributed by atoms with Crippen LogP contribution in [0.15, 0.2) is 60.0 Å². The van der Waals surface area contributed by atoms with Gasteiger partial charge in [0.2, 0.25) is 0 Å². The van der Waals surface area contributed by atoms with Crippen molar-refractivity contribution in [2.45, 2.75) is 26.3 Å². The summed E-state index contributed by atoms with van der Waals surface area (Å²) in [5, 5.41) is 5.63. The maximum Gasteiger partial charge on any atom is 0.261 e. The molecule has 0 radical (unpaired) electrons. The number of hydrogen-bond acceptors (Lipinski definition) is 4. The Hall–Kier alpha value is -2.83. The number of benzene rings is 2. The van der Waals surface area contributed by atoms with Crippen molar-refractivity contribution in [1.82, 2.24) is 14.9 Å². The summed E-state index contributed by atoms with van der Waals surface area (Å²) in [7, 11) is 0. The van der Waals surface area contributed by atoms with E-state index in [9.17, 15) is 4.79 Å². The van der Waals surface area contributed by atoms with Gasteiger partial charge in [-0.25, -0.2) is 4.98 Å². The molecule has 0 atom stereocenters. The zero-order chi connectivity index (χ0) is 21.6. The van der Waals surface area contributed by atoms with Crippen LogP contribution in [0, 0.1) is 6.92 Å². The molecular formula is C24H24ClN3O2S. The van der Waals surface area contributed by atoms with E-state index < -0.39 is 0 Å². The lowest BCUT2D eigenvalue weighted by molar-refractivity contribution is 0.0957. The molecule has 2 aromatic carbocycles. The monoisotopic (exact) mass is 453 g/mol. The van der Waals surface area contributed by atoms with E-state index in [1.54, 1.807) is 0 Å². The lowest BCUT2D eigenvalue weighted by atomic mass is 10.2. The predicted octanol–water partition coefficient (Wildman–Crippen LogP) is 5.50. The van der Waals surface area contributed by atoms with Crippen LogP contribution in [0.5, 0.6) is 5.75 Å². The summed E-state index contributed by atoms with van der Waals surface area (Å²) in [6, 6.07) is 17.5. The van der Waals surface area contributed by atoms with Gasteiger partial charge in [-0.05, 0) is 60.7 Å². The molecule has 0 spiro atoms. The largest absolute Gasteiger partial charge is 0.492 e. The highest BCUT2D eigenvalue weighted by molar-refractivity contribution is 7.12. The van der Waals surface area contributed by atoms with Crippen LogP contribution in [0.3, 0.4) is 0 Å². The number of rotatable bonds is 9. The van der Waals surface area contributed by atoms with E-state index in [-0.39, 0.29) is 5.91 Å². The van der Waals surface area contributed by atoms with Gasteiger partial charge in [0.05, 0.1) is 22.5 Å². The van der Waals surface area contributed by atoms with E-state index in [4.69, 9.17) is 21.3 Å². The topological polar surface area (TPSA) is 56.1 Å². The summed E-state index contributed by atoms with van der Waals surface area (Å²) in [6.07, 6.45) is 1.59. The minimum Gasteiger partial charge on any atom is -0.492 e. The molecule has 4 aromatic rings. The summed E-state index contributed by atoms with van der Waals surface area (Å²) in [5.41, 5.74) is 3.07. The van der Waals surface area contributed by atoms with Crippen LogP contribution in [-0.2, 0) is 13.0 Å². The van der Waals surface area contributed by atoms with Crippen molar-refractivity contribution in [3.8, 4) is 5.75 Å². The standard InChI is InChI=1S/C24H24ClN3O2S/c1-17-16-18(10-11-19(17)25)30-14-13-28-21-7-3-2-6-20(21)27-23(28)9-4-12-26-24(29)22-8-5-15-31-22/h2-3,5-8,10-11,15-16H,4,9,12-14H2,1H3,(H,26,29). The zero-order valence-electron chi connectivity index (χ0n) is 17.3. The number of carbonyl (C=O) groups excluding carboxylic acids is 1. The molecule has 5 nitrogen and oxygen atoms in total. The number of halogens is 1. The van der Waals surface area contributed by atoms with Crippen molar-refractivity contribution in [2.75, 3.05) is 13.2 Å². The van der Waals surface area contributed by atoms with Gasteiger partial charge in [0.25, 0.3) is 5.91 Å². The second-order valence-corrected chi connectivity index (χ2v) is 8.62. The highest BCUT2D eigenvalue weighted by Crippen LogP contribution is 2.22. The Morgan fingerprint density at radius 1 is 1.19 bits per heavy atom. The molecular weight excluding hydrogens is 430 g/mol. The van der Waals surface area contributed by atoms with Crippen molar-refractivity contribution in [1.29, 1.82) is 0 Å². The van der Waals surface area contributed by atoms with Crippen molar-refractivity contribution >= 4 is 39.9 Å². The summed E-state index contributed by atoms with van der Waals surface area (Å²) in [4.78, 5) is 17.6. The molecule has 0 saturated carbocycles. The molecule has 2 aromatic heterocycles.